The monoisotopic (exact) mass is 402 g/mol. The first-order valence-corrected chi connectivity index (χ1v) is 9.78. The van der Waals surface area contributed by atoms with E-state index in [9.17, 15) is 8.42 Å². The summed E-state index contributed by atoms with van der Waals surface area (Å²) in [5, 5.41) is 2.73. The van der Waals surface area contributed by atoms with Gasteiger partial charge >= 0.3 is 0 Å². The van der Waals surface area contributed by atoms with E-state index in [2.05, 4.69) is 22.9 Å². The minimum Gasteiger partial charge on any atom is -0.339 e. The van der Waals surface area contributed by atoms with E-state index in [1.54, 1.807) is 24.3 Å². The molecular formula is C16H18BrClNO2S+. The summed E-state index contributed by atoms with van der Waals surface area (Å²) < 4.78 is 25.4. The molecule has 0 spiro atoms. The van der Waals surface area contributed by atoms with Gasteiger partial charge in [-0.3, -0.25) is 0 Å². The van der Waals surface area contributed by atoms with E-state index in [4.69, 9.17) is 11.6 Å². The number of benzene rings is 2. The number of halogens is 2. The van der Waals surface area contributed by atoms with Gasteiger partial charge in [-0.2, -0.15) is 0 Å². The topological polar surface area (TPSA) is 50.8 Å². The molecule has 0 unspecified atom stereocenters. The Bertz CT molecular complexity index is 715. The number of rotatable bonds is 6. The fourth-order valence-electron chi connectivity index (χ4n) is 2.14. The lowest BCUT2D eigenvalue weighted by Gasteiger charge is -2.11. The van der Waals surface area contributed by atoms with Crippen molar-refractivity contribution in [3.63, 3.8) is 0 Å². The molecule has 3 nitrogen and oxygen atoms in total. The van der Waals surface area contributed by atoms with Crippen molar-refractivity contribution in [2.75, 3.05) is 12.3 Å². The number of quaternary nitrogens is 1. The van der Waals surface area contributed by atoms with Crippen molar-refractivity contribution in [3.05, 3.63) is 63.6 Å². The molecule has 0 aliphatic carbocycles. The van der Waals surface area contributed by atoms with Crippen LogP contribution < -0.4 is 5.32 Å². The van der Waals surface area contributed by atoms with Gasteiger partial charge in [0.15, 0.2) is 9.84 Å². The molecule has 0 saturated heterocycles. The predicted octanol–water partition coefficient (Wildman–Crippen LogP) is 3.20. The summed E-state index contributed by atoms with van der Waals surface area (Å²) in [6, 6.07) is 14.6. The molecule has 2 aromatic rings. The van der Waals surface area contributed by atoms with Crippen molar-refractivity contribution in [1.29, 1.82) is 0 Å². The number of hydrogen-bond donors (Lipinski definition) is 1. The van der Waals surface area contributed by atoms with Crippen LogP contribution >= 0.6 is 27.5 Å². The first-order valence-electron chi connectivity index (χ1n) is 6.95. The second kappa shape index (κ2) is 7.59. The van der Waals surface area contributed by atoms with E-state index >= 15 is 0 Å². The van der Waals surface area contributed by atoms with Crippen LogP contribution in [-0.4, -0.2) is 20.7 Å². The van der Waals surface area contributed by atoms with Crippen molar-refractivity contribution in [3.8, 4) is 0 Å². The fourth-order valence-corrected chi connectivity index (χ4v) is 3.76. The molecule has 0 aromatic heterocycles. The SMILES string of the molecule is C[C@@H]([NH2+]CCS(=O)(=O)c1ccc(Br)cc1)c1ccc(Cl)cc1. The quantitative estimate of drug-likeness (QED) is 0.805. The maximum atomic E-state index is 12.3. The molecule has 0 aliphatic heterocycles. The van der Waals surface area contributed by atoms with Gasteiger partial charge in [0.1, 0.15) is 11.8 Å². The van der Waals surface area contributed by atoms with Crippen LogP contribution in [-0.2, 0) is 9.84 Å². The molecule has 118 valence electrons. The second-order valence-electron chi connectivity index (χ2n) is 5.14. The number of sulfone groups is 1. The van der Waals surface area contributed by atoms with Crippen LogP contribution in [0.1, 0.15) is 18.5 Å². The number of nitrogens with two attached hydrogens (primary N) is 1. The Hall–Kier alpha value is -0.880. The lowest BCUT2D eigenvalue weighted by atomic mass is 10.1. The van der Waals surface area contributed by atoms with E-state index in [0.29, 0.717) is 16.5 Å². The Kier molecular flexibility index (Phi) is 6.03. The lowest BCUT2D eigenvalue weighted by Crippen LogP contribution is -2.85. The van der Waals surface area contributed by atoms with Crippen LogP contribution in [0, 0.1) is 0 Å². The van der Waals surface area contributed by atoms with Gasteiger partial charge in [-0.05, 0) is 43.3 Å². The molecule has 6 heteroatoms. The molecule has 0 radical (unpaired) electrons. The van der Waals surface area contributed by atoms with Crippen molar-refractivity contribution in [1.82, 2.24) is 0 Å². The molecule has 1 atom stereocenters. The Morgan fingerprint density at radius 1 is 1.09 bits per heavy atom. The van der Waals surface area contributed by atoms with E-state index in [1.165, 1.54) is 0 Å². The largest absolute Gasteiger partial charge is 0.339 e. The van der Waals surface area contributed by atoms with Gasteiger partial charge in [-0.25, -0.2) is 8.42 Å². The standard InChI is InChI=1S/C16H17BrClNO2S/c1-12(13-2-6-15(18)7-3-13)19-10-11-22(20,21)16-8-4-14(17)5-9-16/h2-9,12,19H,10-11H2,1H3/p+1/t12-/m1/s1. The van der Waals surface area contributed by atoms with Crippen LogP contribution in [0.15, 0.2) is 57.9 Å². The molecule has 0 bridgehead atoms. The van der Waals surface area contributed by atoms with Crippen LogP contribution in [0.4, 0.5) is 0 Å². The maximum Gasteiger partial charge on any atom is 0.183 e. The molecule has 0 heterocycles. The van der Waals surface area contributed by atoms with Crippen molar-refractivity contribution in [2.24, 2.45) is 0 Å². The predicted molar refractivity (Wildman–Crippen MR) is 92.9 cm³/mol. The summed E-state index contributed by atoms with van der Waals surface area (Å²) in [6.45, 7) is 2.57. The summed E-state index contributed by atoms with van der Waals surface area (Å²) in [4.78, 5) is 0.364. The minimum absolute atomic E-state index is 0.118. The van der Waals surface area contributed by atoms with E-state index in [-0.39, 0.29) is 11.8 Å². The first-order chi connectivity index (χ1) is 10.4. The molecular weight excluding hydrogens is 386 g/mol. The summed E-state index contributed by atoms with van der Waals surface area (Å²) in [6.07, 6.45) is 0. The molecule has 2 aromatic carbocycles. The van der Waals surface area contributed by atoms with Crippen LogP contribution in [0.25, 0.3) is 0 Å². The lowest BCUT2D eigenvalue weighted by molar-refractivity contribution is -0.689. The van der Waals surface area contributed by atoms with Crippen molar-refractivity contribution >= 4 is 37.4 Å². The molecule has 0 fully saturated rings. The third-order valence-electron chi connectivity index (χ3n) is 3.48. The average molecular weight is 404 g/mol. The molecule has 0 amide bonds. The minimum atomic E-state index is -3.23. The van der Waals surface area contributed by atoms with Gasteiger partial charge in [0.05, 0.1) is 11.4 Å². The smallest absolute Gasteiger partial charge is 0.183 e. The zero-order valence-corrected chi connectivity index (χ0v) is 15.3. The average Bonchev–Trinajstić information content (AvgIpc) is 2.48. The van der Waals surface area contributed by atoms with Gasteiger partial charge in [-0.1, -0.05) is 39.7 Å². The Morgan fingerprint density at radius 3 is 2.27 bits per heavy atom. The van der Waals surface area contributed by atoms with E-state index in [0.717, 1.165) is 10.0 Å². The third-order valence-corrected chi connectivity index (χ3v) is 6.02. The van der Waals surface area contributed by atoms with Gasteiger partial charge in [0, 0.05) is 15.1 Å². The van der Waals surface area contributed by atoms with Crippen LogP contribution in [0.2, 0.25) is 5.02 Å². The Balaban J connectivity index is 1.92. The summed E-state index contributed by atoms with van der Waals surface area (Å²) in [5.41, 5.74) is 1.13. The highest BCUT2D eigenvalue weighted by Gasteiger charge is 2.16. The molecule has 0 aliphatic rings. The highest BCUT2D eigenvalue weighted by atomic mass is 79.9. The molecule has 2 rings (SSSR count). The summed E-state index contributed by atoms with van der Waals surface area (Å²) in [7, 11) is -3.23. The summed E-state index contributed by atoms with van der Waals surface area (Å²) in [5.74, 6) is 0.118. The van der Waals surface area contributed by atoms with Gasteiger partial charge in [0.25, 0.3) is 0 Å². The number of hydrogen-bond acceptors (Lipinski definition) is 2. The van der Waals surface area contributed by atoms with E-state index < -0.39 is 9.84 Å². The summed E-state index contributed by atoms with van der Waals surface area (Å²) >= 11 is 9.17. The molecule has 0 saturated carbocycles. The molecule has 22 heavy (non-hydrogen) atoms. The zero-order valence-electron chi connectivity index (χ0n) is 12.2. The Morgan fingerprint density at radius 2 is 1.68 bits per heavy atom. The normalized spacial score (nSPS) is 13.0. The first kappa shape index (κ1) is 17.5. The van der Waals surface area contributed by atoms with Crippen LogP contribution in [0.3, 0.4) is 0 Å². The van der Waals surface area contributed by atoms with Crippen molar-refractivity contribution < 1.29 is 13.7 Å². The maximum absolute atomic E-state index is 12.3. The van der Waals surface area contributed by atoms with Crippen molar-refractivity contribution in [2.45, 2.75) is 17.9 Å². The van der Waals surface area contributed by atoms with Crippen LogP contribution in [0.5, 0.6) is 0 Å². The third kappa shape index (κ3) is 4.81. The zero-order chi connectivity index (χ0) is 16.2. The highest BCUT2D eigenvalue weighted by Crippen LogP contribution is 2.16. The highest BCUT2D eigenvalue weighted by molar-refractivity contribution is 9.10. The Labute approximate surface area is 144 Å². The van der Waals surface area contributed by atoms with Gasteiger partial charge in [-0.15, -0.1) is 0 Å². The van der Waals surface area contributed by atoms with Gasteiger partial charge < -0.3 is 5.32 Å². The molecule has 2 N–H and O–H groups in total. The van der Waals surface area contributed by atoms with Gasteiger partial charge in [0.2, 0.25) is 0 Å². The fraction of sp³-hybridized carbons (Fsp3) is 0.250. The second-order valence-corrected chi connectivity index (χ2v) is 8.60. The van der Waals surface area contributed by atoms with E-state index in [1.807, 2.05) is 29.6 Å².